The lowest BCUT2D eigenvalue weighted by atomic mass is 10.3. The van der Waals surface area contributed by atoms with Gasteiger partial charge in [-0.05, 0) is 6.42 Å². The van der Waals surface area contributed by atoms with Crippen LogP contribution < -0.4 is 4.72 Å². The van der Waals surface area contributed by atoms with Gasteiger partial charge in [0.25, 0.3) is 0 Å². The Kier molecular flexibility index (Phi) is 6.49. The van der Waals surface area contributed by atoms with Gasteiger partial charge < -0.3 is 5.11 Å². The Morgan fingerprint density at radius 3 is 2.81 bits per heavy atom. The van der Waals surface area contributed by atoms with E-state index in [1.807, 2.05) is 0 Å². The summed E-state index contributed by atoms with van der Waals surface area (Å²) < 4.78 is 38.8. The first kappa shape index (κ1) is 17.8. The molecule has 0 aliphatic carbocycles. The van der Waals surface area contributed by atoms with E-state index < -0.39 is 26.8 Å². The van der Waals surface area contributed by atoms with Crippen molar-refractivity contribution in [2.45, 2.75) is 36.5 Å². The molecule has 1 rings (SSSR count). The van der Waals surface area contributed by atoms with Gasteiger partial charge in [-0.1, -0.05) is 6.92 Å². The quantitative estimate of drug-likeness (QED) is 0.644. The molecular formula is C11H19N3O5S2. The van der Waals surface area contributed by atoms with Gasteiger partial charge >= 0.3 is 5.97 Å². The molecule has 0 saturated heterocycles. The van der Waals surface area contributed by atoms with Crippen molar-refractivity contribution in [2.75, 3.05) is 12.8 Å². The van der Waals surface area contributed by atoms with Gasteiger partial charge in [-0.2, -0.15) is 5.10 Å². The van der Waals surface area contributed by atoms with Crippen LogP contribution in [-0.2, 0) is 32.2 Å². The number of aromatic nitrogens is 2. The van der Waals surface area contributed by atoms with Gasteiger partial charge in [0, 0.05) is 35.0 Å². The Morgan fingerprint density at radius 1 is 1.57 bits per heavy atom. The molecule has 0 aromatic carbocycles. The van der Waals surface area contributed by atoms with E-state index in [2.05, 4.69) is 9.82 Å². The van der Waals surface area contributed by atoms with Gasteiger partial charge in [-0.25, -0.2) is 13.1 Å². The number of aliphatic carboxylic acids is 1. The van der Waals surface area contributed by atoms with E-state index in [0.29, 0.717) is 6.42 Å². The lowest BCUT2D eigenvalue weighted by molar-refractivity contribution is -0.137. The van der Waals surface area contributed by atoms with Crippen molar-refractivity contribution < 1.29 is 22.5 Å². The van der Waals surface area contributed by atoms with E-state index in [1.54, 1.807) is 13.2 Å². The summed E-state index contributed by atoms with van der Waals surface area (Å²) in [5.74, 6) is -0.977. The second kappa shape index (κ2) is 7.66. The molecule has 0 spiro atoms. The third-order valence-electron chi connectivity index (χ3n) is 2.88. The first-order valence-corrected chi connectivity index (χ1v) is 9.39. The molecule has 0 fully saturated rings. The van der Waals surface area contributed by atoms with Crippen LogP contribution in [0.1, 0.15) is 19.8 Å². The summed E-state index contributed by atoms with van der Waals surface area (Å²) >= 11 is 0. The number of carboxylic acid groups (broad SMARTS) is 1. The Hall–Kier alpha value is -1.26. The minimum absolute atomic E-state index is 0.0156. The molecule has 21 heavy (non-hydrogen) atoms. The predicted octanol–water partition coefficient (Wildman–Crippen LogP) is -0.207. The highest BCUT2D eigenvalue weighted by Gasteiger charge is 2.17. The van der Waals surface area contributed by atoms with E-state index in [1.165, 1.54) is 17.1 Å². The molecule has 0 aliphatic rings. The van der Waals surface area contributed by atoms with Crippen LogP contribution in [0.3, 0.4) is 0 Å². The summed E-state index contributed by atoms with van der Waals surface area (Å²) in [7, 11) is -4.67. The number of carbonyl (C=O) groups is 1. The van der Waals surface area contributed by atoms with E-state index in [-0.39, 0.29) is 29.7 Å². The van der Waals surface area contributed by atoms with Gasteiger partial charge in [0.2, 0.25) is 10.0 Å². The number of sulfonamides is 1. The third kappa shape index (κ3) is 5.94. The average Bonchev–Trinajstić information content (AvgIpc) is 2.85. The second-order valence-corrected chi connectivity index (χ2v) is 8.15. The monoisotopic (exact) mass is 337 g/mol. The molecule has 1 aromatic rings. The fourth-order valence-electron chi connectivity index (χ4n) is 1.46. The molecule has 0 bridgehead atoms. The number of hydrogen-bond donors (Lipinski definition) is 2. The maximum atomic E-state index is 12.0. The normalized spacial score (nSPS) is 14.8. The molecular weight excluding hydrogens is 318 g/mol. The zero-order chi connectivity index (χ0) is 16.0. The maximum Gasteiger partial charge on any atom is 0.305 e. The summed E-state index contributed by atoms with van der Waals surface area (Å²) in [4.78, 5) is 10.4. The number of carboxylic acids is 1. The molecule has 10 heteroatoms. The number of aryl methyl sites for hydroxylation is 1. The highest BCUT2D eigenvalue weighted by molar-refractivity contribution is 7.89. The average molecular weight is 337 g/mol. The van der Waals surface area contributed by atoms with E-state index >= 15 is 0 Å². The molecule has 0 radical (unpaired) electrons. The van der Waals surface area contributed by atoms with Crippen LogP contribution in [0, 0.1) is 0 Å². The summed E-state index contributed by atoms with van der Waals surface area (Å²) in [6.07, 6.45) is 4.37. The highest BCUT2D eigenvalue weighted by atomic mass is 32.2. The van der Waals surface area contributed by atoms with Crippen LogP contribution >= 0.6 is 0 Å². The Labute approximate surface area is 126 Å². The number of hydrogen-bond acceptors (Lipinski definition) is 5. The van der Waals surface area contributed by atoms with E-state index in [0.717, 1.165) is 0 Å². The van der Waals surface area contributed by atoms with E-state index in [4.69, 9.17) is 5.11 Å². The fourth-order valence-corrected chi connectivity index (χ4v) is 2.91. The Morgan fingerprint density at radius 2 is 2.24 bits per heavy atom. The number of nitrogens with one attached hydrogen (secondary N) is 1. The maximum absolute atomic E-state index is 12.0. The molecule has 120 valence electrons. The van der Waals surface area contributed by atoms with Gasteiger partial charge in [0.05, 0.1) is 19.2 Å². The molecule has 2 N–H and O–H groups in total. The molecule has 1 aromatic heterocycles. The lowest BCUT2D eigenvalue weighted by Crippen LogP contribution is -2.27. The smallest absolute Gasteiger partial charge is 0.305 e. The van der Waals surface area contributed by atoms with Crippen molar-refractivity contribution in [3.63, 3.8) is 0 Å². The summed E-state index contributed by atoms with van der Waals surface area (Å²) in [6.45, 7) is 2.08. The topological polar surface area (TPSA) is 118 Å². The molecule has 1 heterocycles. The second-order valence-electron chi connectivity index (χ2n) is 4.58. The van der Waals surface area contributed by atoms with Crippen molar-refractivity contribution >= 4 is 26.8 Å². The van der Waals surface area contributed by atoms with Crippen molar-refractivity contribution in [1.29, 1.82) is 0 Å². The summed E-state index contributed by atoms with van der Waals surface area (Å²) in [6, 6.07) is 0. The van der Waals surface area contributed by atoms with Crippen molar-refractivity contribution in [3.05, 3.63) is 12.4 Å². The van der Waals surface area contributed by atoms with Crippen LogP contribution in [0.2, 0.25) is 0 Å². The van der Waals surface area contributed by atoms with Gasteiger partial charge in [0.15, 0.2) is 0 Å². The Bertz CT molecular complexity index is 611. The summed E-state index contributed by atoms with van der Waals surface area (Å²) in [5, 5.41) is 12.3. The predicted molar refractivity (Wildman–Crippen MR) is 77.8 cm³/mol. The van der Waals surface area contributed by atoms with Crippen LogP contribution in [0.15, 0.2) is 17.3 Å². The zero-order valence-electron chi connectivity index (χ0n) is 11.9. The lowest BCUT2D eigenvalue weighted by Gasteiger charge is -2.08. The standard InChI is InChI=1S/C11H19N3O5S2/c1-9(20(2)17)3-5-13-21(18,19)10-7-12-14(8-10)6-4-11(15)16/h7-9,13H,3-6H2,1-2H3,(H,15,16). The highest BCUT2D eigenvalue weighted by Crippen LogP contribution is 2.08. The SMILES string of the molecule is CC(CCNS(=O)(=O)c1cnn(CCC(=O)O)c1)S(C)=O. The number of rotatable bonds is 9. The van der Waals surface area contributed by atoms with E-state index in [9.17, 15) is 17.4 Å². The van der Waals surface area contributed by atoms with Crippen molar-refractivity contribution in [2.24, 2.45) is 0 Å². The molecule has 8 nitrogen and oxygen atoms in total. The first-order valence-electron chi connectivity index (χ1n) is 6.28. The Balaban J connectivity index is 2.58. The van der Waals surface area contributed by atoms with Crippen LogP contribution in [0.5, 0.6) is 0 Å². The first-order chi connectivity index (χ1) is 9.72. The largest absolute Gasteiger partial charge is 0.481 e. The van der Waals surface area contributed by atoms with Crippen LogP contribution in [0.25, 0.3) is 0 Å². The minimum Gasteiger partial charge on any atom is -0.481 e. The van der Waals surface area contributed by atoms with Crippen LogP contribution in [0.4, 0.5) is 0 Å². The van der Waals surface area contributed by atoms with Crippen LogP contribution in [-0.4, -0.2) is 51.5 Å². The molecule has 2 unspecified atom stereocenters. The van der Waals surface area contributed by atoms with Crippen molar-refractivity contribution in [1.82, 2.24) is 14.5 Å². The molecule has 0 saturated carbocycles. The molecule has 0 aliphatic heterocycles. The fraction of sp³-hybridized carbons (Fsp3) is 0.636. The summed E-state index contributed by atoms with van der Waals surface area (Å²) in [5.41, 5.74) is 0. The molecule has 2 atom stereocenters. The van der Waals surface area contributed by atoms with Gasteiger partial charge in [0.1, 0.15) is 4.90 Å². The minimum atomic E-state index is -3.68. The third-order valence-corrected chi connectivity index (χ3v) is 5.67. The van der Waals surface area contributed by atoms with Gasteiger partial charge in [-0.3, -0.25) is 13.7 Å². The molecule has 0 amide bonds. The van der Waals surface area contributed by atoms with Gasteiger partial charge in [-0.15, -0.1) is 0 Å². The zero-order valence-corrected chi connectivity index (χ0v) is 13.5. The van der Waals surface area contributed by atoms with Crippen molar-refractivity contribution in [3.8, 4) is 0 Å². The number of nitrogens with zero attached hydrogens (tertiary/aromatic N) is 2.